The van der Waals surface area contributed by atoms with Gasteiger partial charge in [-0.05, 0) is 94.1 Å². The Morgan fingerprint density at radius 2 is 0.953 bits per heavy atom. The SMILES string of the molecule is CC(C)(C)c1ccnc(-n2c3[c-]c(Oc4[c-]c(N5[CH-]N(c6c(-c7c(F)c(F)c(F)c(F)c7F)cc(C(C)(C)C)cc6-c6c(F)c(F)c(F)c(F)c6F)c6ccccc65)cc(N(c5ccccc5)c5ccccc5)c4)ccc3c3ccccc32)c1.[Pt]. The topological polar surface area (TPSA) is 36.8 Å². The van der Waals surface area contributed by atoms with Crippen molar-refractivity contribution in [3.05, 3.63) is 252 Å². The van der Waals surface area contributed by atoms with E-state index in [-0.39, 0.29) is 60.6 Å². The van der Waals surface area contributed by atoms with Crippen LogP contribution in [0.3, 0.4) is 0 Å². The molecule has 0 fully saturated rings. The van der Waals surface area contributed by atoms with Crippen molar-refractivity contribution in [3.63, 3.8) is 0 Å². The van der Waals surface area contributed by atoms with E-state index < -0.39 is 91.5 Å². The average molecular weight is 1330 g/mol. The van der Waals surface area contributed by atoms with Gasteiger partial charge in [0, 0.05) is 83.8 Å². The summed E-state index contributed by atoms with van der Waals surface area (Å²) < 4.78 is 167. The number of benzene rings is 9. The molecule has 0 radical (unpaired) electrons. The van der Waals surface area contributed by atoms with Crippen LogP contribution >= 0.6 is 0 Å². The molecule has 85 heavy (non-hydrogen) atoms. The Balaban J connectivity index is 0.00000752. The monoisotopic (exact) mass is 1330 g/mol. The third kappa shape index (κ3) is 10.0. The van der Waals surface area contributed by atoms with Gasteiger partial charge in [0.25, 0.3) is 0 Å². The van der Waals surface area contributed by atoms with Gasteiger partial charge in [0.1, 0.15) is 5.82 Å². The van der Waals surface area contributed by atoms with Crippen LogP contribution in [0.2, 0.25) is 0 Å². The van der Waals surface area contributed by atoms with Crippen molar-refractivity contribution in [3.8, 4) is 39.6 Å². The summed E-state index contributed by atoms with van der Waals surface area (Å²) in [5.41, 5.74) is -2.08. The molecule has 0 saturated carbocycles. The zero-order valence-electron chi connectivity index (χ0n) is 45.9. The van der Waals surface area contributed by atoms with E-state index in [9.17, 15) is 8.78 Å². The van der Waals surface area contributed by atoms with Crippen molar-refractivity contribution in [2.75, 3.05) is 14.7 Å². The number of ether oxygens (including phenoxy) is 1. The molecule has 1 aliphatic heterocycles. The van der Waals surface area contributed by atoms with Gasteiger partial charge >= 0.3 is 0 Å². The van der Waals surface area contributed by atoms with E-state index in [1.54, 1.807) is 57.3 Å². The van der Waals surface area contributed by atoms with Crippen LogP contribution in [-0.4, -0.2) is 9.55 Å². The molecule has 0 unspecified atom stereocenters. The van der Waals surface area contributed by atoms with E-state index in [1.807, 2.05) is 113 Å². The minimum Gasteiger partial charge on any atom is -0.509 e. The van der Waals surface area contributed by atoms with Gasteiger partial charge < -0.3 is 24.0 Å². The standard InChI is InChI=1S/C68H46F10N5O.Pt/c1-67(2,3)37-27-28-79-53(31-37)83-49-22-14-13-21-45(49)46-26-25-43(35-52(46)83)84-44-33-41(32-42(34-44)82(39-17-9-7-10-18-39)40-19-11-8-12-20-40)80-36-81(51-24-16-15-23-50(51)80)66-47(54-56(69)60(73)64(77)61(74)57(54)70)29-38(68(4,5)6)30-48(66)55-58(71)62(75)65(78)63(76)59(55)72;/h7-32,34,36H,1-6H3;/q-3;. The number of nitrogens with zero attached hydrogens (tertiary/aromatic N) is 5. The summed E-state index contributed by atoms with van der Waals surface area (Å²) in [6.07, 6.45) is 1.76. The Morgan fingerprint density at radius 3 is 1.49 bits per heavy atom. The molecule has 432 valence electrons. The first-order valence-corrected chi connectivity index (χ1v) is 26.4. The number of hydrogen-bond donors (Lipinski definition) is 0. The molecule has 17 heteroatoms. The summed E-state index contributed by atoms with van der Waals surface area (Å²) in [6, 6.07) is 52.9. The summed E-state index contributed by atoms with van der Waals surface area (Å²) >= 11 is 0. The molecular formula is C68H46F10N5OPt-3. The predicted octanol–water partition coefficient (Wildman–Crippen LogP) is 19.8. The molecule has 2 aromatic heterocycles. The van der Waals surface area contributed by atoms with Crippen molar-refractivity contribution >= 4 is 61.6 Å². The van der Waals surface area contributed by atoms with Crippen LogP contribution < -0.4 is 19.4 Å². The van der Waals surface area contributed by atoms with Crippen LogP contribution in [0.15, 0.2) is 164 Å². The second-order valence-electron chi connectivity index (χ2n) is 22.2. The summed E-state index contributed by atoms with van der Waals surface area (Å²) in [5, 5.41) is 1.79. The maximum Gasteiger partial charge on any atom is 0.200 e. The molecular weight excluding hydrogens is 1290 g/mol. The van der Waals surface area contributed by atoms with Crippen LogP contribution in [0.25, 0.3) is 49.9 Å². The van der Waals surface area contributed by atoms with E-state index in [1.165, 1.54) is 23.7 Å². The molecule has 0 bridgehead atoms. The fraction of sp³-hybridized carbons (Fsp3) is 0.118. The van der Waals surface area contributed by atoms with Gasteiger partial charge in [-0.15, -0.1) is 42.4 Å². The van der Waals surface area contributed by atoms with Crippen LogP contribution in [0.1, 0.15) is 52.7 Å². The van der Waals surface area contributed by atoms with Crippen LogP contribution in [0, 0.1) is 77.0 Å². The molecule has 0 N–H and O–H groups in total. The molecule has 0 spiro atoms. The van der Waals surface area contributed by atoms with Crippen LogP contribution in [-0.2, 0) is 31.9 Å². The smallest absolute Gasteiger partial charge is 0.200 e. The molecule has 0 atom stereocenters. The van der Waals surface area contributed by atoms with Gasteiger partial charge in [-0.2, -0.15) is 6.07 Å². The quantitative estimate of drug-likeness (QED) is 0.0590. The number of fused-ring (bicyclic) bond motifs is 4. The normalized spacial score (nSPS) is 12.5. The van der Waals surface area contributed by atoms with Gasteiger partial charge in [0.15, 0.2) is 46.5 Å². The zero-order chi connectivity index (χ0) is 59.3. The van der Waals surface area contributed by atoms with Crippen molar-refractivity contribution in [2.24, 2.45) is 0 Å². The Labute approximate surface area is 497 Å². The Bertz CT molecular complexity index is 4260. The second-order valence-corrected chi connectivity index (χ2v) is 22.2. The molecule has 9 aromatic carbocycles. The second kappa shape index (κ2) is 21.9. The van der Waals surface area contributed by atoms with Gasteiger partial charge in [-0.3, -0.25) is 0 Å². The molecule has 0 aliphatic carbocycles. The number of hydrogen-bond acceptors (Lipinski definition) is 5. The molecule has 6 nitrogen and oxygen atoms in total. The summed E-state index contributed by atoms with van der Waals surface area (Å²) in [4.78, 5) is 9.37. The van der Waals surface area contributed by atoms with Crippen molar-refractivity contribution in [1.29, 1.82) is 0 Å². The summed E-state index contributed by atoms with van der Waals surface area (Å²) in [7, 11) is 0. The molecule has 1 aliphatic rings. The number of halogens is 10. The molecule has 12 rings (SSSR count). The number of aromatic nitrogens is 2. The Hall–Kier alpha value is -8.88. The predicted molar refractivity (Wildman–Crippen MR) is 307 cm³/mol. The summed E-state index contributed by atoms with van der Waals surface area (Å²) in [6.45, 7) is 12.3. The number of pyridine rings is 1. The average Bonchev–Trinajstić information content (AvgIpc) is 2.60. The molecule has 3 heterocycles. The number of rotatable bonds is 10. The van der Waals surface area contributed by atoms with Gasteiger partial charge in [-0.25, -0.2) is 48.9 Å². The Kier molecular flexibility index (Phi) is 15.0. The third-order valence-electron chi connectivity index (χ3n) is 14.8. The van der Waals surface area contributed by atoms with E-state index in [0.717, 1.165) is 38.9 Å². The zero-order valence-corrected chi connectivity index (χ0v) is 48.2. The third-order valence-corrected chi connectivity index (χ3v) is 14.8. The van der Waals surface area contributed by atoms with E-state index >= 15 is 35.1 Å². The first-order valence-electron chi connectivity index (χ1n) is 26.4. The minimum absolute atomic E-state index is 0. The molecule has 0 saturated heterocycles. The Morgan fingerprint density at radius 1 is 0.459 bits per heavy atom. The first kappa shape index (κ1) is 57.9. The van der Waals surface area contributed by atoms with Crippen molar-refractivity contribution < 1.29 is 69.7 Å². The maximum absolute atomic E-state index is 16.5. The largest absolute Gasteiger partial charge is 0.509 e. The van der Waals surface area contributed by atoms with E-state index in [2.05, 4.69) is 32.9 Å². The number of para-hydroxylation sites is 5. The number of anilines is 7. The van der Waals surface area contributed by atoms with Crippen LogP contribution in [0.4, 0.5) is 83.7 Å². The van der Waals surface area contributed by atoms with Crippen molar-refractivity contribution in [2.45, 2.75) is 52.4 Å². The van der Waals surface area contributed by atoms with Crippen molar-refractivity contribution in [1.82, 2.24) is 9.55 Å². The molecule has 11 aromatic rings. The van der Waals surface area contributed by atoms with Gasteiger partial charge in [-0.1, -0.05) is 125 Å². The molecule has 0 amide bonds. The van der Waals surface area contributed by atoms with Gasteiger partial charge in [0.05, 0.1) is 11.1 Å². The maximum atomic E-state index is 16.5. The summed E-state index contributed by atoms with van der Waals surface area (Å²) in [5.74, 6) is -22.8. The van der Waals surface area contributed by atoms with E-state index in [0.29, 0.717) is 28.4 Å². The fourth-order valence-corrected chi connectivity index (χ4v) is 10.6. The minimum atomic E-state index is -2.50. The first-order chi connectivity index (χ1) is 40.1. The van der Waals surface area contributed by atoms with E-state index in [4.69, 9.17) is 9.72 Å². The fourth-order valence-electron chi connectivity index (χ4n) is 10.6. The van der Waals surface area contributed by atoms with Gasteiger partial charge in [0.2, 0.25) is 11.6 Å². The van der Waals surface area contributed by atoms with Crippen LogP contribution in [0.5, 0.6) is 11.5 Å².